The second-order valence-corrected chi connectivity index (χ2v) is 12.4. The molecule has 12 nitrogen and oxygen atoms in total. The molecule has 0 atom stereocenters. The highest BCUT2D eigenvalue weighted by Crippen LogP contribution is 2.32. The summed E-state index contributed by atoms with van der Waals surface area (Å²) < 4.78 is 16.6. The average Bonchev–Trinajstić information content (AvgIpc) is 3.45. The first kappa shape index (κ1) is 33.1. The maximum absolute atomic E-state index is 13.5. The third-order valence-corrected chi connectivity index (χ3v) is 7.51. The number of ether oxygens (including phenoxy) is 3. The number of rotatable bonds is 10. The summed E-state index contributed by atoms with van der Waals surface area (Å²) in [5, 5.41) is 8.48. The second-order valence-electron chi connectivity index (χ2n) is 12.4. The third-order valence-electron chi connectivity index (χ3n) is 7.51. The van der Waals surface area contributed by atoms with Crippen LogP contribution in [0.1, 0.15) is 56.0 Å². The van der Waals surface area contributed by atoms with E-state index in [4.69, 9.17) is 14.2 Å². The predicted molar refractivity (Wildman–Crippen MR) is 178 cm³/mol. The molecule has 2 heterocycles. The van der Waals surface area contributed by atoms with Gasteiger partial charge in [0.1, 0.15) is 18.8 Å². The lowest BCUT2D eigenvalue weighted by molar-refractivity contribution is -0.127. The van der Waals surface area contributed by atoms with Crippen LogP contribution in [0.4, 0.5) is 26.7 Å². The van der Waals surface area contributed by atoms with E-state index in [1.54, 1.807) is 92.4 Å². The van der Waals surface area contributed by atoms with E-state index in [9.17, 15) is 19.2 Å². The van der Waals surface area contributed by atoms with E-state index in [-0.39, 0.29) is 24.4 Å². The van der Waals surface area contributed by atoms with Gasteiger partial charge in [0.15, 0.2) is 11.5 Å². The van der Waals surface area contributed by atoms with E-state index in [0.717, 1.165) is 18.5 Å². The fraction of sp³-hybridized carbons (Fsp3) is 0.371. The number of fused-ring (bicyclic) bond motifs is 1. The van der Waals surface area contributed by atoms with E-state index < -0.39 is 11.7 Å². The number of anilines is 3. The number of urea groups is 1. The minimum Gasteiger partial charge on any atom is -0.486 e. The predicted octanol–water partition coefficient (Wildman–Crippen LogP) is 6.10. The van der Waals surface area contributed by atoms with Crippen LogP contribution in [-0.2, 0) is 16.1 Å². The molecule has 1 fully saturated rings. The van der Waals surface area contributed by atoms with Gasteiger partial charge in [0.2, 0.25) is 5.91 Å². The van der Waals surface area contributed by atoms with Crippen LogP contribution in [0.3, 0.4) is 0 Å². The SMILES string of the molecule is CC(C)(C)OC(=O)Nc1ccccc1NC(=O)c1ccc(CN(CCCN2CCCC2=O)C(=O)Nc2ccc3c(c2)OCCO3)cc1. The zero-order chi connectivity index (χ0) is 33.4. The number of para-hydroxylation sites is 2. The molecule has 12 heteroatoms. The molecule has 2 aliphatic heterocycles. The first-order valence-electron chi connectivity index (χ1n) is 15.8. The maximum atomic E-state index is 13.5. The molecular weight excluding hydrogens is 602 g/mol. The molecule has 5 amide bonds. The van der Waals surface area contributed by atoms with Crippen LogP contribution in [0, 0.1) is 0 Å². The lowest BCUT2D eigenvalue weighted by atomic mass is 10.1. The van der Waals surface area contributed by atoms with Gasteiger partial charge in [0, 0.05) is 49.9 Å². The Morgan fingerprint density at radius 2 is 1.60 bits per heavy atom. The first-order chi connectivity index (χ1) is 22.5. The van der Waals surface area contributed by atoms with Gasteiger partial charge in [-0.3, -0.25) is 14.9 Å². The Balaban J connectivity index is 1.24. The zero-order valence-electron chi connectivity index (χ0n) is 27.0. The first-order valence-corrected chi connectivity index (χ1v) is 15.8. The highest BCUT2D eigenvalue weighted by atomic mass is 16.6. The highest BCUT2D eigenvalue weighted by Gasteiger charge is 2.22. The van der Waals surface area contributed by atoms with Gasteiger partial charge in [-0.2, -0.15) is 0 Å². The lowest BCUT2D eigenvalue weighted by Crippen LogP contribution is -2.37. The Morgan fingerprint density at radius 3 is 2.28 bits per heavy atom. The third kappa shape index (κ3) is 9.38. The molecule has 47 heavy (non-hydrogen) atoms. The van der Waals surface area contributed by atoms with Gasteiger partial charge < -0.3 is 34.6 Å². The molecule has 5 rings (SSSR count). The number of carbonyl (C=O) groups excluding carboxylic acids is 4. The van der Waals surface area contributed by atoms with Crippen molar-refractivity contribution in [2.45, 2.75) is 52.2 Å². The van der Waals surface area contributed by atoms with E-state index >= 15 is 0 Å². The standard InChI is InChI=1S/C35H41N5O7/c1-35(2,3)47-34(44)38-28-9-5-4-8-27(28)37-32(42)25-13-11-24(12-14-25)23-40(19-7-18-39-17-6-10-31(39)41)33(43)36-26-15-16-29-30(22-26)46-21-20-45-29/h4-5,8-9,11-16,22H,6-7,10,17-21,23H2,1-3H3,(H,36,43)(H,37,42)(H,38,44). The number of likely N-dealkylation sites (tertiary alicyclic amines) is 1. The summed E-state index contributed by atoms with van der Waals surface area (Å²) in [7, 11) is 0. The molecule has 0 spiro atoms. The Kier molecular flexibility index (Phi) is 10.5. The Labute approximate surface area is 274 Å². The van der Waals surface area contributed by atoms with E-state index in [2.05, 4.69) is 16.0 Å². The number of hydrogen-bond donors (Lipinski definition) is 3. The van der Waals surface area contributed by atoms with Crippen molar-refractivity contribution in [2.75, 3.05) is 48.8 Å². The summed E-state index contributed by atoms with van der Waals surface area (Å²) in [4.78, 5) is 54.6. The van der Waals surface area contributed by atoms with E-state index in [1.807, 2.05) is 4.90 Å². The van der Waals surface area contributed by atoms with E-state index in [0.29, 0.717) is 73.3 Å². The minimum absolute atomic E-state index is 0.148. The largest absolute Gasteiger partial charge is 0.486 e. The van der Waals surface area contributed by atoms with Crippen LogP contribution >= 0.6 is 0 Å². The topological polar surface area (TPSA) is 139 Å². The summed E-state index contributed by atoms with van der Waals surface area (Å²) in [5.74, 6) is 0.992. The highest BCUT2D eigenvalue weighted by molar-refractivity contribution is 6.07. The van der Waals surface area contributed by atoms with Crippen molar-refractivity contribution in [2.24, 2.45) is 0 Å². The van der Waals surface area contributed by atoms with Gasteiger partial charge in [-0.05, 0) is 75.6 Å². The number of nitrogens with one attached hydrogen (secondary N) is 3. The van der Waals surface area contributed by atoms with Crippen molar-refractivity contribution in [1.82, 2.24) is 9.80 Å². The molecule has 0 aliphatic carbocycles. The van der Waals surface area contributed by atoms with Gasteiger partial charge >= 0.3 is 12.1 Å². The summed E-state index contributed by atoms with van der Waals surface area (Å²) in [6.45, 7) is 8.26. The summed E-state index contributed by atoms with van der Waals surface area (Å²) in [5.41, 5.74) is 1.96. The lowest BCUT2D eigenvalue weighted by Gasteiger charge is -2.25. The smallest absolute Gasteiger partial charge is 0.412 e. The van der Waals surface area contributed by atoms with E-state index in [1.165, 1.54) is 0 Å². The Morgan fingerprint density at radius 1 is 0.894 bits per heavy atom. The molecular formula is C35H41N5O7. The number of amides is 5. The number of nitrogens with zero attached hydrogens (tertiary/aromatic N) is 2. The quantitative estimate of drug-likeness (QED) is 0.243. The number of benzene rings is 3. The molecule has 3 aromatic carbocycles. The van der Waals surface area contributed by atoms with Crippen LogP contribution in [-0.4, -0.2) is 72.2 Å². The molecule has 0 saturated carbocycles. The van der Waals surface area contributed by atoms with Gasteiger partial charge in [-0.25, -0.2) is 9.59 Å². The fourth-order valence-electron chi connectivity index (χ4n) is 5.26. The second kappa shape index (κ2) is 14.9. The molecule has 0 unspecified atom stereocenters. The van der Waals surface area contributed by atoms with Crippen LogP contribution < -0.4 is 25.4 Å². The fourth-order valence-corrected chi connectivity index (χ4v) is 5.26. The average molecular weight is 644 g/mol. The van der Waals surface area contributed by atoms with Crippen molar-refractivity contribution in [1.29, 1.82) is 0 Å². The molecule has 3 aromatic rings. The summed E-state index contributed by atoms with van der Waals surface area (Å²) in [6.07, 6.45) is 1.43. The van der Waals surface area contributed by atoms with Gasteiger partial charge in [-0.1, -0.05) is 24.3 Å². The van der Waals surface area contributed by atoms with Crippen molar-refractivity contribution in [3.05, 3.63) is 77.9 Å². The van der Waals surface area contributed by atoms with Crippen LogP contribution in [0.25, 0.3) is 0 Å². The molecule has 1 saturated heterocycles. The molecule has 0 radical (unpaired) electrons. The van der Waals surface area contributed by atoms with Gasteiger partial charge in [-0.15, -0.1) is 0 Å². The number of carbonyl (C=O) groups is 4. The number of hydrogen-bond acceptors (Lipinski definition) is 7. The molecule has 2 aliphatic rings. The molecule has 0 bridgehead atoms. The monoisotopic (exact) mass is 643 g/mol. The van der Waals surface area contributed by atoms with Crippen LogP contribution in [0.15, 0.2) is 66.7 Å². The molecule has 248 valence electrons. The molecule has 3 N–H and O–H groups in total. The Bertz CT molecular complexity index is 1600. The van der Waals surface area contributed by atoms with Crippen molar-refractivity contribution >= 4 is 41.0 Å². The van der Waals surface area contributed by atoms with Crippen LogP contribution in [0.2, 0.25) is 0 Å². The summed E-state index contributed by atoms with van der Waals surface area (Å²) in [6, 6.07) is 18.8. The maximum Gasteiger partial charge on any atom is 0.412 e. The normalized spacial score (nSPS) is 13.9. The summed E-state index contributed by atoms with van der Waals surface area (Å²) >= 11 is 0. The van der Waals surface area contributed by atoms with Crippen molar-refractivity contribution in [3.63, 3.8) is 0 Å². The van der Waals surface area contributed by atoms with Gasteiger partial charge in [0.05, 0.1) is 11.4 Å². The molecule has 0 aromatic heterocycles. The van der Waals surface area contributed by atoms with Crippen molar-refractivity contribution in [3.8, 4) is 11.5 Å². The Hall–Kier alpha value is -5.26. The van der Waals surface area contributed by atoms with Crippen LogP contribution in [0.5, 0.6) is 11.5 Å². The zero-order valence-corrected chi connectivity index (χ0v) is 27.0. The van der Waals surface area contributed by atoms with Crippen molar-refractivity contribution < 1.29 is 33.4 Å². The minimum atomic E-state index is -0.668. The van der Waals surface area contributed by atoms with Gasteiger partial charge in [0.25, 0.3) is 5.91 Å².